The van der Waals surface area contributed by atoms with E-state index in [2.05, 4.69) is 31.7 Å². The molecule has 7 heteroatoms. The van der Waals surface area contributed by atoms with E-state index in [9.17, 15) is 4.79 Å². The number of amides is 1. The van der Waals surface area contributed by atoms with Gasteiger partial charge in [-0.15, -0.1) is 0 Å². The Bertz CT molecular complexity index is 1280. The molecule has 0 spiro atoms. The van der Waals surface area contributed by atoms with Gasteiger partial charge in [-0.05, 0) is 73.9 Å². The third-order valence-corrected chi connectivity index (χ3v) is 7.54. The van der Waals surface area contributed by atoms with Gasteiger partial charge in [0.25, 0.3) is 5.91 Å². The zero-order chi connectivity index (χ0) is 22.9. The van der Waals surface area contributed by atoms with Gasteiger partial charge in [-0.1, -0.05) is 6.42 Å². The van der Waals surface area contributed by atoms with Crippen LogP contribution in [0, 0.1) is 17.8 Å². The van der Waals surface area contributed by atoms with E-state index in [1.807, 2.05) is 47.4 Å². The number of aromatic amines is 1. The number of rotatable bonds is 8. The van der Waals surface area contributed by atoms with Crippen LogP contribution in [0.3, 0.4) is 0 Å². The van der Waals surface area contributed by atoms with Crippen LogP contribution in [0.15, 0.2) is 61.3 Å². The Hall–Kier alpha value is -3.45. The summed E-state index contributed by atoms with van der Waals surface area (Å²) in [5, 5.41) is 7.71. The predicted octanol–water partition coefficient (Wildman–Crippen LogP) is 4.20. The van der Waals surface area contributed by atoms with Gasteiger partial charge in [-0.2, -0.15) is 0 Å². The van der Waals surface area contributed by atoms with Crippen LogP contribution < -0.4 is 10.6 Å². The summed E-state index contributed by atoms with van der Waals surface area (Å²) < 4.78 is 1.93. The molecule has 0 aromatic carbocycles. The Morgan fingerprint density at radius 2 is 1.94 bits per heavy atom. The van der Waals surface area contributed by atoms with Gasteiger partial charge in [-0.25, -0.2) is 0 Å². The molecule has 0 aliphatic heterocycles. The fourth-order valence-corrected chi connectivity index (χ4v) is 5.55. The Balaban J connectivity index is 1.05. The number of carbonyl (C=O) groups is 1. The third kappa shape index (κ3) is 4.35. The molecule has 4 aromatic heterocycles. The van der Waals surface area contributed by atoms with E-state index in [0.29, 0.717) is 12.1 Å². The van der Waals surface area contributed by atoms with Crippen molar-refractivity contribution in [2.75, 3.05) is 6.54 Å². The molecule has 4 aromatic rings. The molecule has 3 N–H and O–H groups in total. The average Bonchev–Trinajstić information content (AvgIpc) is 3.52. The molecule has 174 valence electrons. The summed E-state index contributed by atoms with van der Waals surface area (Å²) in [7, 11) is 0. The first kappa shape index (κ1) is 21.1. The van der Waals surface area contributed by atoms with Crippen molar-refractivity contribution in [1.29, 1.82) is 0 Å². The lowest BCUT2D eigenvalue weighted by molar-refractivity contribution is 0.0497. The highest BCUT2D eigenvalue weighted by Gasteiger charge is 2.39. The minimum Gasteiger partial charge on any atom is -0.357 e. The van der Waals surface area contributed by atoms with E-state index in [4.69, 9.17) is 0 Å². The number of H-pyrrole nitrogens is 1. The SMILES string of the molecule is O=C(NCc1cc2[nH]c(CNCC3CCC4CC3C4)cc2cn1)c1cncc(-n2cccc2)c1. The zero-order valence-corrected chi connectivity index (χ0v) is 19.2. The van der Waals surface area contributed by atoms with E-state index in [1.165, 1.54) is 31.4 Å². The Labute approximate surface area is 199 Å². The first-order chi connectivity index (χ1) is 16.7. The highest BCUT2D eigenvalue weighted by atomic mass is 16.1. The number of hydrogen-bond donors (Lipinski definition) is 3. The van der Waals surface area contributed by atoms with Crippen molar-refractivity contribution >= 4 is 16.8 Å². The molecule has 3 fully saturated rings. The van der Waals surface area contributed by atoms with Gasteiger partial charge in [0.1, 0.15) is 0 Å². The van der Waals surface area contributed by atoms with E-state index in [-0.39, 0.29) is 5.91 Å². The molecule has 2 bridgehead atoms. The van der Waals surface area contributed by atoms with Crippen LogP contribution in [0.1, 0.15) is 47.4 Å². The number of hydrogen-bond acceptors (Lipinski definition) is 4. The van der Waals surface area contributed by atoms with E-state index >= 15 is 0 Å². The second-order valence-corrected chi connectivity index (χ2v) is 9.83. The molecule has 7 nitrogen and oxygen atoms in total. The Morgan fingerprint density at radius 1 is 1.06 bits per heavy atom. The second-order valence-electron chi connectivity index (χ2n) is 9.83. The maximum absolute atomic E-state index is 12.7. The quantitative estimate of drug-likeness (QED) is 0.372. The fourth-order valence-electron chi connectivity index (χ4n) is 5.55. The molecule has 34 heavy (non-hydrogen) atoms. The lowest BCUT2D eigenvalue weighted by atomic mass is 9.60. The van der Waals surface area contributed by atoms with Crippen LogP contribution in [0.2, 0.25) is 0 Å². The largest absolute Gasteiger partial charge is 0.357 e. The summed E-state index contributed by atoms with van der Waals surface area (Å²) in [6.07, 6.45) is 14.8. The summed E-state index contributed by atoms with van der Waals surface area (Å²) in [6.45, 7) is 2.32. The number of carbonyl (C=O) groups excluding carboxylic acids is 1. The highest BCUT2D eigenvalue weighted by Crippen LogP contribution is 2.48. The summed E-state index contributed by atoms with van der Waals surface area (Å²) in [6, 6.07) is 9.89. The minimum absolute atomic E-state index is 0.166. The van der Waals surface area contributed by atoms with Crippen molar-refractivity contribution in [3.63, 3.8) is 0 Å². The van der Waals surface area contributed by atoms with Crippen molar-refractivity contribution in [3.8, 4) is 5.69 Å². The van der Waals surface area contributed by atoms with Gasteiger partial charge < -0.3 is 20.2 Å². The molecule has 4 heterocycles. The topological polar surface area (TPSA) is 87.6 Å². The first-order valence-corrected chi connectivity index (χ1v) is 12.2. The Kier molecular flexibility index (Phi) is 5.63. The van der Waals surface area contributed by atoms with Crippen LogP contribution in [-0.4, -0.2) is 32.0 Å². The number of pyridine rings is 2. The summed E-state index contributed by atoms with van der Waals surface area (Å²) in [5.41, 5.74) is 4.42. The third-order valence-electron chi connectivity index (χ3n) is 7.54. The monoisotopic (exact) mass is 454 g/mol. The summed E-state index contributed by atoms with van der Waals surface area (Å²) in [5.74, 6) is 2.68. The molecule has 1 unspecified atom stereocenters. The van der Waals surface area contributed by atoms with Crippen molar-refractivity contribution in [2.45, 2.75) is 38.8 Å². The van der Waals surface area contributed by atoms with E-state index in [0.717, 1.165) is 53.1 Å². The fraction of sp³-hybridized carbons (Fsp3) is 0.370. The maximum Gasteiger partial charge on any atom is 0.253 e. The van der Waals surface area contributed by atoms with Gasteiger partial charge in [0.05, 0.1) is 29.7 Å². The van der Waals surface area contributed by atoms with Gasteiger partial charge >= 0.3 is 0 Å². The van der Waals surface area contributed by atoms with Crippen molar-refractivity contribution in [2.24, 2.45) is 17.8 Å². The molecular weight excluding hydrogens is 424 g/mol. The van der Waals surface area contributed by atoms with Gasteiger partial charge in [0, 0.05) is 47.9 Å². The Morgan fingerprint density at radius 3 is 2.76 bits per heavy atom. The predicted molar refractivity (Wildman–Crippen MR) is 131 cm³/mol. The van der Waals surface area contributed by atoms with Crippen LogP contribution in [-0.2, 0) is 13.1 Å². The highest BCUT2D eigenvalue weighted by molar-refractivity contribution is 5.94. The summed E-state index contributed by atoms with van der Waals surface area (Å²) in [4.78, 5) is 24.9. The van der Waals surface area contributed by atoms with Crippen LogP contribution >= 0.6 is 0 Å². The molecule has 3 aliphatic rings. The standard InChI is InChI=1S/C27H30N6O/c34-27(22-10-25(17-29-13-22)33-5-1-2-6-33)31-16-23-11-26-21(14-30-23)9-24(32-26)15-28-12-19-4-3-18-7-20(19)8-18/h1-2,5-6,9-11,13-14,17-20,28,32H,3-4,7-8,12,15-16H2,(H,31,34). The second kappa shape index (κ2) is 9.06. The smallest absolute Gasteiger partial charge is 0.253 e. The normalized spacial score (nSPS) is 21.4. The van der Waals surface area contributed by atoms with Gasteiger partial charge in [-0.3, -0.25) is 14.8 Å². The van der Waals surface area contributed by atoms with Crippen molar-refractivity contribution in [1.82, 2.24) is 30.2 Å². The van der Waals surface area contributed by atoms with Crippen LogP contribution in [0.5, 0.6) is 0 Å². The molecule has 3 aliphatic carbocycles. The first-order valence-electron chi connectivity index (χ1n) is 12.2. The average molecular weight is 455 g/mol. The molecule has 0 radical (unpaired) electrons. The molecule has 1 atom stereocenters. The van der Waals surface area contributed by atoms with Crippen molar-refractivity contribution < 1.29 is 4.79 Å². The molecule has 3 saturated carbocycles. The molecule has 0 saturated heterocycles. The molecule has 7 rings (SSSR count). The lowest BCUT2D eigenvalue weighted by Gasteiger charge is -2.46. The molecular formula is C27H30N6O. The number of aromatic nitrogens is 4. The van der Waals surface area contributed by atoms with E-state index < -0.39 is 0 Å². The number of nitrogens with zero attached hydrogens (tertiary/aromatic N) is 3. The van der Waals surface area contributed by atoms with E-state index in [1.54, 1.807) is 12.4 Å². The summed E-state index contributed by atoms with van der Waals surface area (Å²) >= 11 is 0. The minimum atomic E-state index is -0.166. The maximum atomic E-state index is 12.7. The number of nitrogens with one attached hydrogen (secondary N) is 3. The van der Waals surface area contributed by atoms with Crippen LogP contribution in [0.4, 0.5) is 0 Å². The van der Waals surface area contributed by atoms with Crippen LogP contribution in [0.25, 0.3) is 16.6 Å². The molecule has 1 amide bonds. The van der Waals surface area contributed by atoms with Crippen molar-refractivity contribution in [3.05, 3.63) is 78.3 Å². The lowest BCUT2D eigenvalue weighted by Crippen LogP contribution is -2.40. The van der Waals surface area contributed by atoms with Gasteiger partial charge in [0.15, 0.2) is 0 Å². The zero-order valence-electron chi connectivity index (χ0n) is 19.2. The van der Waals surface area contributed by atoms with Gasteiger partial charge in [0.2, 0.25) is 0 Å². The number of fused-ring (bicyclic) bond motifs is 3.